The Hall–Kier alpha value is -2.27. The first kappa shape index (κ1) is 21.4. The minimum atomic E-state index is -3.47. The Labute approximate surface area is 177 Å². The highest BCUT2D eigenvalue weighted by atomic mass is 32.2. The van der Waals surface area contributed by atoms with Crippen LogP contribution in [0.1, 0.15) is 15.4 Å². The number of rotatable bonds is 8. The lowest BCUT2D eigenvalue weighted by atomic mass is 10.3. The molecule has 0 unspecified atom stereocenters. The quantitative estimate of drug-likeness (QED) is 0.383. The first-order valence-electron chi connectivity index (χ1n) is 8.61. The minimum absolute atomic E-state index is 0.0711. The topological polar surface area (TPSA) is 85.8 Å². The van der Waals surface area contributed by atoms with Gasteiger partial charge in [-0.05, 0) is 42.6 Å². The summed E-state index contributed by atoms with van der Waals surface area (Å²) in [6.45, 7) is 2.01. The van der Waals surface area contributed by atoms with Crippen LogP contribution < -0.4 is 4.74 Å². The van der Waals surface area contributed by atoms with E-state index >= 15 is 0 Å². The van der Waals surface area contributed by atoms with Gasteiger partial charge in [-0.2, -0.15) is 11.3 Å². The lowest BCUT2D eigenvalue weighted by Gasteiger charge is -2.12. The molecule has 154 valence electrons. The molecule has 29 heavy (non-hydrogen) atoms. The molecule has 3 rings (SSSR count). The lowest BCUT2D eigenvalue weighted by molar-refractivity contribution is 0.0455. The zero-order valence-corrected chi connectivity index (χ0v) is 18.6. The maximum absolute atomic E-state index is 12.3. The van der Waals surface area contributed by atoms with E-state index in [-0.39, 0.29) is 18.1 Å². The van der Waals surface area contributed by atoms with Crippen molar-refractivity contribution in [2.45, 2.75) is 11.8 Å². The number of aryl methyl sites for hydroxylation is 1. The number of aromatic nitrogens is 1. The van der Waals surface area contributed by atoms with Crippen molar-refractivity contribution in [3.05, 3.63) is 51.7 Å². The van der Waals surface area contributed by atoms with Gasteiger partial charge in [-0.1, -0.05) is 0 Å². The van der Waals surface area contributed by atoms with E-state index in [1.54, 1.807) is 30.4 Å². The van der Waals surface area contributed by atoms with Crippen LogP contribution in [0.2, 0.25) is 0 Å². The van der Waals surface area contributed by atoms with Gasteiger partial charge in [0, 0.05) is 25.0 Å². The van der Waals surface area contributed by atoms with Crippen molar-refractivity contribution >= 4 is 38.7 Å². The summed E-state index contributed by atoms with van der Waals surface area (Å²) in [5, 5.41) is 4.74. The lowest BCUT2D eigenvalue weighted by Crippen LogP contribution is -2.22. The van der Waals surface area contributed by atoms with Crippen molar-refractivity contribution in [2.75, 3.05) is 27.3 Å². The van der Waals surface area contributed by atoms with Gasteiger partial charge >= 0.3 is 5.97 Å². The van der Waals surface area contributed by atoms with Gasteiger partial charge in [0.15, 0.2) is 0 Å². The summed E-state index contributed by atoms with van der Waals surface area (Å²) in [6.07, 6.45) is 0. The van der Waals surface area contributed by atoms with Gasteiger partial charge in [-0.15, -0.1) is 11.3 Å². The molecule has 10 heteroatoms. The summed E-state index contributed by atoms with van der Waals surface area (Å²) in [7, 11) is -0.526. The van der Waals surface area contributed by atoms with E-state index in [2.05, 4.69) is 4.98 Å². The molecule has 0 saturated heterocycles. The predicted molar refractivity (Wildman–Crippen MR) is 113 cm³/mol. The Bertz CT molecular complexity index is 1070. The van der Waals surface area contributed by atoms with Gasteiger partial charge in [0.05, 0.1) is 10.6 Å². The molecule has 0 atom stereocenters. The van der Waals surface area contributed by atoms with Gasteiger partial charge in [0.2, 0.25) is 10.0 Å². The number of thiazole rings is 1. The van der Waals surface area contributed by atoms with Crippen LogP contribution in [0.5, 0.6) is 5.75 Å². The van der Waals surface area contributed by atoms with Crippen molar-refractivity contribution in [1.29, 1.82) is 0 Å². The minimum Gasteiger partial charge on any atom is -0.490 e. The van der Waals surface area contributed by atoms with Crippen LogP contribution in [0.4, 0.5) is 0 Å². The van der Waals surface area contributed by atoms with Crippen molar-refractivity contribution in [3.8, 4) is 16.3 Å². The maximum Gasteiger partial charge on any atom is 0.350 e. The van der Waals surface area contributed by atoms with E-state index in [1.165, 1.54) is 37.6 Å². The normalized spacial score (nSPS) is 11.6. The highest BCUT2D eigenvalue weighted by Gasteiger charge is 2.18. The third kappa shape index (κ3) is 5.02. The Morgan fingerprint density at radius 2 is 1.86 bits per heavy atom. The monoisotopic (exact) mass is 452 g/mol. The Kier molecular flexibility index (Phi) is 6.68. The number of hydrogen-bond acceptors (Lipinski definition) is 8. The summed E-state index contributed by atoms with van der Waals surface area (Å²) in [6, 6.07) is 8.05. The molecule has 1 aromatic carbocycles. The summed E-state index contributed by atoms with van der Waals surface area (Å²) in [5.41, 5.74) is 1.63. The molecule has 2 aromatic heterocycles. The Morgan fingerprint density at radius 1 is 1.14 bits per heavy atom. The third-order valence-electron chi connectivity index (χ3n) is 3.94. The second-order valence-electron chi connectivity index (χ2n) is 6.19. The molecule has 0 fully saturated rings. The Morgan fingerprint density at radius 3 is 2.48 bits per heavy atom. The number of thiophene rings is 1. The van der Waals surface area contributed by atoms with Crippen LogP contribution in [0.25, 0.3) is 10.6 Å². The number of carbonyl (C=O) groups excluding carboxylic acids is 1. The summed E-state index contributed by atoms with van der Waals surface area (Å²) in [4.78, 5) is 17.4. The fourth-order valence-corrected chi connectivity index (χ4v) is 4.95. The zero-order valence-electron chi connectivity index (χ0n) is 16.1. The molecule has 0 radical (unpaired) electrons. The number of carbonyl (C=O) groups is 1. The molecule has 0 N–H and O–H groups in total. The number of sulfonamides is 1. The van der Waals surface area contributed by atoms with E-state index in [4.69, 9.17) is 9.47 Å². The van der Waals surface area contributed by atoms with E-state index in [9.17, 15) is 13.2 Å². The second-order valence-corrected chi connectivity index (χ2v) is 10.1. The SMILES string of the molecule is Cc1nc(-c2ccsc2)sc1C(=O)OCCOc1ccc(S(=O)(=O)N(C)C)cc1. The van der Waals surface area contributed by atoms with Crippen LogP contribution >= 0.6 is 22.7 Å². The molecular weight excluding hydrogens is 432 g/mol. The molecule has 0 saturated carbocycles. The Balaban J connectivity index is 1.51. The van der Waals surface area contributed by atoms with Crippen LogP contribution in [-0.4, -0.2) is 51.0 Å². The third-order valence-corrected chi connectivity index (χ3v) is 7.64. The number of nitrogens with zero attached hydrogens (tertiary/aromatic N) is 2. The highest BCUT2D eigenvalue weighted by molar-refractivity contribution is 7.89. The molecule has 3 aromatic rings. The number of ether oxygens (including phenoxy) is 2. The fraction of sp³-hybridized carbons (Fsp3) is 0.263. The average molecular weight is 453 g/mol. The molecule has 2 heterocycles. The van der Waals surface area contributed by atoms with Crippen LogP contribution in [0, 0.1) is 6.92 Å². The van der Waals surface area contributed by atoms with Crippen LogP contribution in [-0.2, 0) is 14.8 Å². The number of hydrogen-bond donors (Lipinski definition) is 0. The van der Waals surface area contributed by atoms with Gasteiger partial charge in [-0.25, -0.2) is 22.5 Å². The van der Waals surface area contributed by atoms with Crippen molar-refractivity contribution in [2.24, 2.45) is 0 Å². The average Bonchev–Trinajstić information content (AvgIpc) is 3.35. The molecule has 0 aliphatic heterocycles. The molecule has 0 aliphatic rings. The van der Waals surface area contributed by atoms with Gasteiger partial charge in [-0.3, -0.25) is 0 Å². The summed E-state index contributed by atoms with van der Waals surface area (Å²) in [5.74, 6) is 0.0602. The van der Waals surface area contributed by atoms with Crippen molar-refractivity contribution in [3.63, 3.8) is 0 Å². The van der Waals surface area contributed by atoms with Gasteiger partial charge in [0.25, 0.3) is 0 Å². The largest absolute Gasteiger partial charge is 0.490 e. The summed E-state index contributed by atoms with van der Waals surface area (Å²) >= 11 is 2.88. The van der Waals surface area contributed by atoms with Gasteiger partial charge < -0.3 is 9.47 Å². The molecule has 7 nitrogen and oxygen atoms in total. The fourth-order valence-electron chi connectivity index (χ4n) is 2.37. The van der Waals surface area contributed by atoms with Gasteiger partial charge in [0.1, 0.15) is 28.8 Å². The van der Waals surface area contributed by atoms with E-state index < -0.39 is 16.0 Å². The molecule has 0 spiro atoms. The molecule has 0 amide bonds. The molecule has 0 bridgehead atoms. The summed E-state index contributed by atoms with van der Waals surface area (Å²) < 4.78 is 36.0. The van der Waals surface area contributed by atoms with Crippen LogP contribution in [0.3, 0.4) is 0 Å². The molecule has 0 aliphatic carbocycles. The van der Waals surface area contributed by atoms with Crippen LogP contribution in [0.15, 0.2) is 46.0 Å². The van der Waals surface area contributed by atoms with Crippen molar-refractivity contribution in [1.82, 2.24) is 9.29 Å². The van der Waals surface area contributed by atoms with E-state index in [0.29, 0.717) is 16.3 Å². The zero-order chi connectivity index (χ0) is 21.0. The number of esters is 1. The van der Waals surface area contributed by atoms with E-state index in [1.807, 2.05) is 16.8 Å². The maximum atomic E-state index is 12.3. The molecular formula is C19H20N2O5S3. The second kappa shape index (κ2) is 9.04. The standard InChI is InChI=1S/C19H20N2O5S3/c1-13-17(28-18(20-13)14-8-11-27-12-14)19(22)26-10-9-25-15-4-6-16(7-5-15)29(23,24)21(2)3/h4-8,11-12H,9-10H2,1-3H3. The first-order chi connectivity index (χ1) is 13.8. The predicted octanol–water partition coefficient (Wildman–Crippen LogP) is 3.67. The smallest absolute Gasteiger partial charge is 0.350 e. The number of benzene rings is 1. The highest BCUT2D eigenvalue weighted by Crippen LogP contribution is 2.29. The van der Waals surface area contributed by atoms with E-state index in [0.717, 1.165) is 14.9 Å². The first-order valence-corrected chi connectivity index (χ1v) is 11.8. The van der Waals surface area contributed by atoms with Crippen molar-refractivity contribution < 1.29 is 22.7 Å².